The quantitative estimate of drug-likeness (QED) is 0.482. The summed E-state index contributed by atoms with van der Waals surface area (Å²) in [5.74, 6) is 2.07. The molecule has 0 radical (unpaired) electrons. The fraction of sp³-hybridized carbons (Fsp3) is 0.609. The third-order valence-corrected chi connectivity index (χ3v) is 7.19. The van der Waals surface area contributed by atoms with Gasteiger partial charge in [0.15, 0.2) is 5.11 Å². The van der Waals surface area contributed by atoms with E-state index in [9.17, 15) is 9.59 Å². The molecule has 0 aliphatic heterocycles. The molecule has 4 aliphatic rings. The molecule has 2 amide bonds. The van der Waals surface area contributed by atoms with Crippen LogP contribution >= 0.6 is 12.2 Å². The molecule has 156 valence electrons. The Kier molecular flexibility index (Phi) is 5.91. The number of rotatable bonds is 6. The molecule has 6 heteroatoms. The van der Waals surface area contributed by atoms with Crippen LogP contribution in [0.25, 0.3) is 0 Å². The van der Waals surface area contributed by atoms with Gasteiger partial charge in [0.05, 0.1) is 16.7 Å². The summed E-state index contributed by atoms with van der Waals surface area (Å²) in [6, 6.07) is 7.27. The second-order valence-electron chi connectivity index (χ2n) is 9.26. The van der Waals surface area contributed by atoms with Gasteiger partial charge >= 0.3 is 0 Å². The van der Waals surface area contributed by atoms with Gasteiger partial charge in [-0.1, -0.05) is 25.5 Å². The van der Waals surface area contributed by atoms with Crippen LogP contribution in [0.1, 0.15) is 68.6 Å². The predicted octanol–water partition coefficient (Wildman–Crippen LogP) is 4.25. The maximum Gasteiger partial charge on any atom is 0.253 e. The minimum atomic E-state index is -0.239. The summed E-state index contributed by atoms with van der Waals surface area (Å²) in [5.41, 5.74) is 0.921. The summed E-state index contributed by atoms with van der Waals surface area (Å²) < 4.78 is 0. The first kappa shape index (κ1) is 20.3. The highest BCUT2D eigenvalue weighted by Crippen LogP contribution is 2.60. The lowest BCUT2D eigenvalue weighted by molar-refractivity contribution is -0.144. The van der Waals surface area contributed by atoms with Crippen molar-refractivity contribution in [2.24, 2.45) is 23.2 Å². The van der Waals surface area contributed by atoms with Crippen LogP contribution in [-0.2, 0) is 4.79 Å². The average Bonchev–Trinajstić information content (AvgIpc) is 2.67. The minimum absolute atomic E-state index is 0.0685. The van der Waals surface area contributed by atoms with E-state index >= 15 is 0 Å². The van der Waals surface area contributed by atoms with Crippen molar-refractivity contribution in [3.63, 3.8) is 0 Å². The number of thiocarbonyl (C=S) groups is 1. The molecule has 4 aliphatic carbocycles. The number of hydrogen-bond acceptors (Lipinski definition) is 3. The van der Waals surface area contributed by atoms with Crippen LogP contribution in [0.4, 0.5) is 5.69 Å². The topological polar surface area (TPSA) is 70.2 Å². The van der Waals surface area contributed by atoms with Crippen molar-refractivity contribution in [1.82, 2.24) is 10.6 Å². The van der Waals surface area contributed by atoms with Crippen LogP contribution in [-0.4, -0.2) is 23.5 Å². The van der Waals surface area contributed by atoms with Gasteiger partial charge < -0.3 is 16.0 Å². The second kappa shape index (κ2) is 8.42. The summed E-state index contributed by atoms with van der Waals surface area (Å²) in [6.45, 7) is 2.74. The van der Waals surface area contributed by atoms with Gasteiger partial charge in [0.25, 0.3) is 5.91 Å². The van der Waals surface area contributed by atoms with Gasteiger partial charge in [-0.15, -0.1) is 0 Å². The standard InChI is InChI=1S/C23H31N3O2S/c1-2-3-8-24-20(27)18-6-4-5-7-19(18)25-22(29)26-21(28)23-12-15-9-16(13-23)11-17(10-15)14-23/h4-7,15-17H,2-3,8-14H2,1H3,(H,24,27)(H2,25,26,28,29). The average molecular weight is 414 g/mol. The molecular weight excluding hydrogens is 382 g/mol. The molecule has 0 aromatic heterocycles. The van der Waals surface area contributed by atoms with Crippen molar-refractivity contribution in [1.29, 1.82) is 0 Å². The molecule has 0 atom stereocenters. The monoisotopic (exact) mass is 413 g/mol. The lowest BCUT2D eigenvalue weighted by atomic mass is 9.49. The Morgan fingerprint density at radius 2 is 1.69 bits per heavy atom. The van der Waals surface area contributed by atoms with E-state index in [0.717, 1.165) is 32.1 Å². The molecule has 29 heavy (non-hydrogen) atoms. The van der Waals surface area contributed by atoms with E-state index in [1.165, 1.54) is 19.3 Å². The maximum absolute atomic E-state index is 13.2. The van der Waals surface area contributed by atoms with E-state index in [1.807, 2.05) is 18.2 Å². The van der Waals surface area contributed by atoms with Gasteiger partial charge in [-0.25, -0.2) is 0 Å². The normalized spacial score (nSPS) is 29.3. The first-order valence-corrected chi connectivity index (χ1v) is 11.4. The summed E-state index contributed by atoms with van der Waals surface area (Å²) in [5, 5.41) is 9.25. The van der Waals surface area contributed by atoms with Gasteiger partial charge in [-0.05, 0) is 87.1 Å². The fourth-order valence-electron chi connectivity index (χ4n) is 6.04. The Bertz CT molecular complexity index is 772. The smallest absolute Gasteiger partial charge is 0.253 e. The van der Waals surface area contributed by atoms with Crippen LogP contribution in [0.15, 0.2) is 24.3 Å². The summed E-state index contributed by atoms with van der Waals surface area (Å²) >= 11 is 5.44. The van der Waals surface area contributed by atoms with Crippen LogP contribution in [0, 0.1) is 23.2 Å². The zero-order valence-electron chi connectivity index (χ0n) is 17.1. The summed E-state index contributed by atoms with van der Waals surface area (Å²) in [7, 11) is 0. The molecule has 0 heterocycles. The van der Waals surface area contributed by atoms with Gasteiger partial charge in [0, 0.05) is 6.54 Å². The molecule has 4 bridgehead atoms. The number of anilines is 1. The third kappa shape index (κ3) is 4.32. The minimum Gasteiger partial charge on any atom is -0.352 e. The molecule has 5 rings (SSSR count). The first-order valence-electron chi connectivity index (χ1n) is 11.0. The fourth-order valence-corrected chi connectivity index (χ4v) is 6.24. The number of para-hydroxylation sites is 1. The highest BCUT2D eigenvalue weighted by atomic mass is 32.1. The Balaban J connectivity index is 1.39. The van der Waals surface area contributed by atoms with Crippen molar-refractivity contribution >= 4 is 34.8 Å². The van der Waals surface area contributed by atoms with E-state index in [0.29, 0.717) is 35.5 Å². The number of nitrogens with one attached hydrogen (secondary N) is 3. The van der Waals surface area contributed by atoms with Crippen molar-refractivity contribution in [3.8, 4) is 0 Å². The van der Waals surface area contributed by atoms with Crippen LogP contribution < -0.4 is 16.0 Å². The number of unbranched alkanes of at least 4 members (excludes halogenated alkanes) is 1. The van der Waals surface area contributed by atoms with Crippen molar-refractivity contribution in [2.75, 3.05) is 11.9 Å². The Hall–Kier alpha value is -1.95. The van der Waals surface area contributed by atoms with Gasteiger partial charge in [0.2, 0.25) is 5.91 Å². The van der Waals surface area contributed by atoms with E-state index in [-0.39, 0.29) is 22.3 Å². The molecular formula is C23H31N3O2S. The number of hydrogen-bond donors (Lipinski definition) is 3. The van der Waals surface area contributed by atoms with E-state index in [1.54, 1.807) is 6.07 Å². The molecule has 0 saturated heterocycles. The Morgan fingerprint density at radius 3 is 2.31 bits per heavy atom. The van der Waals surface area contributed by atoms with Crippen LogP contribution in [0.5, 0.6) is 0 Å². The lowest BCUT2D eigenvalue weighted by Crippen LogP contribution is -2.55. The predicted molar refractivity (Wildman–Crippen MR) is 119 cm³/mol. The van der Waals surface area contributed by atoms with Gasteiger partial charge in [0.1, 0.15) is 0 Å². The summed E-state index contributed by atoms with van der Waals surface area (Å²) in [4.78, 5) is 25.7. The van der Waals surface area contributed by atoms with Gasteiger partial charge in [-0.3, -0.25) is 9.59 Å². The highest BCUT2D eigenvalue weighted by Gasteiger charge is 2.54. The largest absolute Gasteiger partial charge is 0.352 e. The SMILES string of the molecule is CCCCNC(=O)c1ccccc1NC(=S)NC(=O)C12CC3CC(CC(C3)C1)C2. The molecule has 1 aromatic carbocycles. The Morgan fingerprint density at radius 1 is 1.07 bits per heavy atom. The number of carbonyl (C=O) groups is 2. The van der Waals surface area contributed by atoms with Crippen LogP contribution in [0.2, 0.25) is 0 Å². The van der Waals surface area contributed by atoms with Crippen molar-refractivity contribution in [3.05, 3.63) is 29.8 Å². The maximum atomic E-state index is 13.2. The summed E-state index contributed by atoms with van der Waals surface area (Å²) in [6.07, 6.45) is 8.89. The molecule has 5 nitrogen and oxygen atoms in total. The van der Waals surface area contributed by atoms with Crippen LogP contribution in [0.3, 0.4) is 0 Å². The zero-order valence-corrected chi connectivity index (χ0v) is 17.9. The van der Waals surface area contributed by atoms with Crippen molar-refractivity contribution < 1.29 is 9.59 Å². The second-order valence-corrected chi connectivity index (χ2v) is 9.67. The molecule has 3 N–H and O–H groups in total. The third-order valence-electron chi connectivity index (χ3n) is 6.98. The Labute approximate surface area is 178 Å². The molecule has 4 saturated carbocycles. The molecule has 1 aromatic rings. The highest BCUT2D eigenvalue weighted by molar-refractivity contribution is 7.80. The number of benzene rings is 1. The van der Waals surface area contributed by atoms with Crippen molar-refractivity contribution in [2.45, 2.75) is 58.3 Å². The van der Waals surface area contributed by atoms with Gasteiger partial charge in [-0.2, -0.15) is 0 Å². The lowest BCUT2D eigenvalue weighted by Gasteiger charge is -2.55. The van der Waals surface area contributed by atoms with E-state index in [2.05, 4.69) is 22.9 Å². The van der Waals surface area contributed by atoms with E-state index < -0.39 is 0 Å². The first-order chi connectivity index (χ1) is 14.0. The number of amides is 2. The molecule has 0 spiro atoms. The van der Waals surface area contributed by atoms with E-state index in [4.69, 9.17) is 12.2 Å². The molecule has 4 fully saturated rings. The zero-order chi connectivity index (χ0) is 20.4. The molecule has 0 unspecified atom stereocenters. The number of carbonyl (C=O) groups excluding carboxylic acids is 2.